The summed E-state index contributed by atoms with van der Waals surface area (Å²) in [6.07, 6.45) is 5.08. The fourth-order valence-electron chi connectivity index (χ4n) is 3.22. The monoisotopic (exact) mass is 265 g/mol. The minimum Gasteiger partial charge on any atom is -0.320 e. The van der Waals surface area contributed by atoms with E-state index in [1.54, 1.807) is 0 Å². The molecule has 0 bridgehead atoms. The van der Waals surface area contributed by atoms with Crippen LogP contribution in [0, 0.1) is 13.8 Å². The average molecular weight is 265 g/mol. The summed E-state index contributed by atoms with van der Waals surface area (Å²) in [5, 5.41) is 0. The Bertz CT molecular complexity index is 628. The maximum atomic E-state index is 6.52. The molecule has 2 aromatic carbocycles. The third kappa shape index (κ3) is 2.51. The molecule has 0 aliphatic heterocycles. The summed E-state index contributed by atoms with van der Waals surface area (Å²) in [4.78, 5) is 0. The SMILES string of the molecule is Cc1ccc(C)c(C(N)c2ccc3c(c2)CCCC3)c1. The Morgan fingerprint density at radius 1 is 0.900 bits per heavy atom. The van der Waals surface area contributed by atoms with Crippen molar-refractivity contribution in [1.29, 1.82) is 0 Å². The third-order valence-electron chi connectivity index (χ3n) is 4.50. The Balaban J connectivity index is 1.97. The molecule has 0 heterocycles. The summed E-state index contributed by atoms with van der Waals surface area (Å²) in [5.74, 6) is 0. The van der Waals surface area contributed by atoms with Gasteiger partial charge in [0, 0.05) is 0 Å². The molecule has 1 aliphatic rings. The molecule has 1 atom stereocenters. The van der Waals surface area contributed by atoms with Crippen LogP contribution in [-0.4, -0.2) is 0 Å². The van der Waals surface area contributed by atoms with Crippen LogP contribution >= 0.6 is 0 Å². The molecule has 0 saturated carbocycles. The predicted molar refractivity (Wildman–Crippen MR) is 85.0 cm³/mol. The molecular formula is C19H23N. The van der Waals surface area contributed by atoms with Gasteiger partial charge < -0.3 is 5.73 Å². The first kappa shape index (κ1) is 13.4. The molecule has 2 N–H and O–H groups in total. The zero-order valence-electron chi connectivity index (χ0n) is 12.4. The summed E-state index contributed by atoms with van der Waals surface area (Å²) in [6.45, 7) is 4.27. The van der Waals surface area contributed by atoms with Gasteiger partial charge in [-0.1, -0.05) is 42.0 Å². The second-order valence-corrected chi connectivity index (χ2v) is 6.07. The molecule has 20 heavy (non-hydrogen) atoms. The van der Waals surface area contributed by atoms with Gasteiger partial charge in [0.25, 0.3) is 0 Å². The van der Waals surface area contributed by atoms with Crippen molar-refractivity contribution < 1.29 is 0 Å². The highest BCUT2D eigenvalue weighted by Gasteiger charge is 2.15. The van der Waals surface area contributed by atoms with Crippen molar-refractivity contribution in [2.75, 3.05) is 0 Å². The van der Waals surface area contributed by atoms with E-state index in [0.29, 0.717) is 0 Å². The predicted octanol–water partition coefficient (Wildman–Crippen LogP) is 4.23. The van der Waals surface area contributed by atoms with Gasteiger partial charge >= 0.3 is 0 Å². The Morgan fingerprint density at radius 2 is 1.65 bits per heavy atom. The highest BCUT2D eigenvalue weighted by atomic mass is 14.6. The zero-order chi connectivity index (χ0) is 14.1. The molecule has 0 amide bonds. The van der Waals surface area contributed by atoms with Crippen LogP contribution in [0.25, 0.3) is 0 Å². The Labute approximate surface area is 121 Å². The smallest absolute Gasteiger partial charge is 0.0554 e. The maximum absolute atomic E-state index is 6.52. The van der Waals surface area contributed by atoms with Crippen molar-refractivity contribution in [3.63, 3.8) is 0 Å². The first-order chi connectivity index (χ1) is 9.65. The van der Waals surface area contributed by atoms with Crippen molar-refractivity contribution in [3.05, 3.63) is 69.8 Å². The fourth-order valence-corrected chi connectivity index (χ4v) is 3.22. The van der Waals surface area contributed by atoms with Crippen LogP contribution in [0.4, 0.5) is 0 Å². The number of rotatable bonds is 2. The topological polar surface area (TPSA) is 26.0 Å². The molecule has 0 saturated heterocycles. The minimum absolute atomic E-state index is 0.0119. The largest absolute Gasteiger partial charge is 0.320 e. The van der Waals surface area contributed by atoms with Gasteiger partial charge in [-0.3, -0.25) is 0 Å². The Morgan fingerprint density at radius 3 is 2.45 bits per heavy atom. The molecule has 1 unspecified atom stereocenters. The summed E-state index contributed by atoms with van der Waals surface area (Å²) < 4.78 is 0. The molecule has 0 fully saturated rings. The van der Waals surface area contributed by atoms with Crippen LogP contribution in [0.3, 0.4) is 0 Å². The van der Waals surface area contributed by atoms with Crippen LogP contribution in [0.1, 0.15) is 52.3 Å². The highest BCUT2D eigenvalue weighted by Crippen LogP contribution is 2.28. The first-order valence-electron chi connectivity index (χ1n) is 7.59. The zero-order valence-corrected chi connectivity index (χ0v) is 12.4. The lowest BCUT2D eigenvalue weighted by atomic mass is 9.87. The van der Waals surface area contributed by atoms with Gasteiger partial charge in [-0.05, 0) is 67.3 Å². The second kappa shape index (κ2) is 5.41. The van der Waals surface area contributed by atoms with E-state index in [1.807, 2.05) is 0 Å². The van der Waals surface area contributed by atoms with Crippen molar-refractivity contribution in [2.45, 2.75) is 45.6 Å². The van der Waals surface area contributed by atoms with Crippen molar-refractivity contribution in [1.82, 2.24) is 0 Å². The second-order valence-electron chi connectivity index (χ2n) is 6.07. The van der Waals surface area contributed by atoms with Crippen LogP contribution < -0.4 is 5.73 Å². The van der Waals surface area contributed by atoms with Gasteiger partial charge in [-0.25, -0.2) is 0 Å². The highest BCUT2D eigenvalue weighted by molar-refractivity contribution is 5.42. The number of nitrogens with two attached hydrogens (primary N) is 1. The molecule has 0 aromatic heterocycles. The molecule has 104 valence electrons. The summed E-state index contributed by atoms with van der Waals surface area (Å²) in [5.41, 5.74) is 14.6. The van der Waals surface area contributed by atoms with Gasteiger partial charge in [0.2, 0.25) is 0 Å². The van der Waals surface area contributed by atoms with Crippen LogP contribution in [0.15, 0.2) is 36.4 Å². The van der Waals surface area contributed by atoms with E-state index in [1.165, 1.54) is 59.1 Å². The Hall–Kier alpha value is -1.60. The standard InChI is InChI=1S/C19H23N/c1-13-7-8-14(2)18(11-13)19(20)17-10-9-15-5-3-4-6-16(15)12-17/h7-12,19H,3-6,20H2,1-2H3. The van der Waals surface area contributed by atoms with Gasteiger partial charge in [0.05, 0.1) is 6.04 Å². The molecule has 3 rings (SSSR count). The molecular weight excluding hydrogens is 242 g/mol. The van der Waals surface area contributed by atoms with Crippen LogP contribution in [0.2, 0.25) is 0 Å². The van der Waals surface area contributed by atoms with E-state index in [4.69, 9.17) is 5.73 Å². The van der Waals surface area contributed by atoms with E-state index in [-0.39, 0.29) is 6.04 Å². The van der Waals surface area contributed by atoms with Crippen molar-refractivity contribution in [3.8, 4) is 0 Å². The van der Waals surface area contributed by atoms with E-state index in [2.05, 4.69) is 50.2 Å². The van der Waals surface area contributed by atoms with Gasteiger partial charge in [0.1, 0.15) is 0 Å². The molecule has 0 radical (unpaired) electrons. The van der Waals surface area contributed by atoms with Gasteiger partial charge in [-0.15, -0.1) is 0 Å². The first-order valence-corrected chi connectivity index (χ1v) is 7.59. The lowest BCUT2D eigenvalue weighted by Gasteiger charge is -2.20. The van der Waals surface area contributed by atoms with E-state index < -0.39 is 0 Å². The van der Waals surface area contributed by atoms with E-state index in [0.717, 1.165) is 0 Å². The van der Waals surface area contributed by atoms with Crippen LogP contribution in [-0.2, 0) is 12.8 Å². The summed E-state index contributed by atoms with van der Waals surface area (Å²) >= 11 is 0. The van der Waals surface area contributed by atoms with Crippen molar-refractivity contribution in [2.24, 2.45) is 5.73 Å². The number of hydrogen-bond acceptors (Lipinski definition) is 1. The quantitative estimate of drug-likeness (QED) is 0.864. The van der Waals surface area contributed by atoms with E-state index in [9.17, 15) is 0 Å². The van der Waals surface area contributed by atoms with Crippen molar-refractivity contribution >= 4 is 0 Å². The number of aryl methyl sites for hydroxylation is 4. The maximum Gasteiger partial charge on any atom is 0.0554 e. The van der Waals surface area contributed by atoms with Crippen LogP contribution in [0.5, 0.6) is 0 Å². The van der Waals surface area contributed by atoms with Gasteiger partial charge in [0.15, 0.2) is 0 Å². The normalized spacial score (nSPS) is 15.8. The molecule has 1 nitrogen and oxygen atoms in total. The fraction of sp³-hybridized carbons (Fsp3) is 0.368. The molecule has 0 spiro atoms. The molecule has 2 aromatic rings. The number of hydrogen-bond donors (Lipinski definition) is 1. The molecule has 1 heteroatoms. The average Bonchev–Trinajstić information content (AvgIpc) is 2.48. The lowest BCUT2D eigenvalue weighted by Crippen LogP contribution is -2.15. The minimum atomic E-state index is -0.0119. The third-order valence-corrected chi connectivity index (χ3v) is 4.50. The summed E-state index contributed by atoms with van der Waals surface area (Å²) in [6, 6.07) is 13.4. The lowest BCUT2D eigenvalue weighted by molar-refractivity contribution is 0.682. The van der Waals surface area contributed by atoms with Gasteiger partial charge in [-0.2, -0.15) is 0 Å². The summed E-state index contributed by atoms with van der Waals surface area (Å²) in [7, 11) is 0. The number of benzene rings is 2. The molecule has 1 aliphatic carbocycles. The number of fused-ring (bicyclic) bond motifs is 1. The van der Waals surface area contributed by atoms with E-state index >= 15 is 0 Å². The Kier molecular flexibility index (Phi) is 3.62.